The zero-order chi connectivity index (χ0) is 14.9. The van der Waals surface area contributed by atoms with E-state index in [1.54, 1.807) is 0 Å². The Morgan fingerprint density at radius 1 is 0.810 bits per heavy atom. The van der Waals surface area contributed by atoms with Gasteiger partial charge in [0.2, 0.25) is 0 Å². The van der Waals surface area contributed by atoms with Crippen LogP contribution >= 0.6 is 0 Å². The van der Waals surface area contributed by atoms with Gasteiger partial charge in [-0.2, -0.15) is 0 Å². The molecule has 0 bridgehead atoms. The van der Waals surface area contributed by atoms with Crippen LogP contribution in [0.3, 0.4) is 0 Å². The van der Waals surface area contributed by atoms with Gasteiger partial charge in [0.15, 0.2) is 0 Å². The molecule has 2 nitrogen and oxygen atoms in total. The van der Waals surface area contributed by atoms with Crippen LogP contribution in [-0.4, -0.2) is 32.3 Å². The highest BCUT2D eigenvalue weighted by molar-refractivity contribution is 6.43. The third-order valence-electron chi connectivity index (χ3n) is 5.55. The van der Waals surface area contributed by atoms with Crippen LogP contribution in [0.25, 0.3) is 0 Å². The number of hydrogen-bond donors (Lipinski definition) is 0. The molecule has 1 saturated heterocycles. The maximum Gasteiger partial charge on any atom is 0.291 e. The molecule has 2 rings (SSSR count). The second-order valence-corrected chi connectivity index (χ2v) is 9.28. The van der Waals surface area contributed by atoms with E-state index >= 15 is 0 Å². The molecule has 2 aliphatic rings. The van der Waals surface area contributed by atoms with Gasteiger partial charge in [-0.05, 0) is 44.7 Å². The maximum absolute atomic E-state index is 12.3. The zero-order valence-electron chi connectivity index (χ0n) is 14.1. The van der Waals surface area contributed by atoms with Gasteiger partial charge in [0.1, 0.15) is 0 Å². The van der Waals surface area contributed by atoms with Gasteiger partial charge in [0.25, 0.3) is 8.68 Å². The quantitative estimate of drug-likeness (QED) is 0.687. The lowest BCUT2D eigenvalue weighted by molar-refractivity contribution is 0.170. The number of rotatable bonds is 3. The molecule has 0 aromatic carbocycles. The molecular formula is C18H35NOSi. The first-order chi connectivity index (χ1) is 10.3. The SMILES string of the molecule is C[Si](=O)C1CCCCCCCCCN1CC1CCCCC1. The van der Waals surface area contributed by atoms with Crippen molar-refractivity contribution >= 4 is 8.68 Å². The minimum absolute atomic E-state index is 0.398. The highest BCUT2D eigenvalue weighted by atomic mass is 28.3. The fraction of sp³-hybridized carbons (Fsp3) is 1.00. The molecular weight excluding hydrogens is 274 g/mol. The van der Waals surface area contributed by atoms with Crippen LogP contribution in [-0.2, 0) is 4.46 Å². The Hall–Kier alpha value is -0.0231. The molecule has 0 spiro atoms. The Kier molecular flexibility index (Phi) is 8.16. The monoisotopic (exact) mass is 309 g/mol. The summed E-state index contributed by atoms with van der Waals surface area (Å²) in [5.74, 6) is 0.882. The normalized spacial score (nSPS) is 28.0. The molecule has 122 valence electrons. The van der Waals surface area contributed by atoms with E-state index in [0.717, 1.165) is 5.92 Å². The highest BCUT2D eigenvalue weighted by Gasteiger charge is 2.26. The van der Waals surface area contributed by atoms with Gasteiger partial charge in [-0.15, -0.1) is 0 Å². The third kappa shape index (κ3) is 6.31. The molecule has 1 heterocycles. The molecule has 1 aliphatic heterocycles. The van der Waals surface area contributed by atoms with Crippen molar-refractivity contribution < 1.29 is 4.46 Å². The fourth-order valence-corrected chi connectivity index (χ4v) is 5.61. The van der Waals surface area contributed by atoms with Crippen LogP contribution in [0.2, 0.25) is 6.55 Å². The standard InChI is InChI=1S/C18H35NOSi/c1-21(20)18-14-10-5-3-2-4-6-11-15-19(18)16-17-12-8-7-9-13-17/h17-18H,2-16H2,1H3. The molecule has 1 atom stereocenters. The first-order valence-electron chi connectivity index (χ1n) is 9.52. The smallest absolute Gasteiger partial charge is 0.291 e. The van der Waals surface area contributed by atoms with Crippen LogP contribution in [0, 0.1) is 5.92 Å². The Bertz CT molecular complexity index is 302. The maximum atomic E-state index is 12.3. The largest absolute Gasteiger partial charge is 0.387 e. The van der Waals surface area contributed by atoms with E-state index in [0.29, 0.717) is 5.67 Å². The van der Waals surface area contributed by atoms with Gasteiger partial charge in [-0.1, -0.05) is 57.8 Å². The molecule has 3 heteroatoms. The van der Waals surface area contributed by atoms with Gasteiger partial charge < -0.3 is 4.46 Å². The molecule has 0 aromatic rings. The molecule has 1 saturated carbocycles. The van der Waals surface area contributed by atoms with Crippen molar-refractivity contribution in [3.63, 3.8) is 0 Å². The van der Waals surface area contributed by atoms with E-state index in [9.17, 15) is 4.46 Å². The summed E-state index contributed by atoms with van der Waals surface area (Å²) in [7, 11) is -1.44. The average Bonchev–Trinajstić information content (AvgIpc) is 2.53. The lowest BCUT2D eigenvalue weighted by atomic mass is 9.89. The summed E-state index contributed by atoms with van der Waals surface area (Å²) in [6.45, 7) is 4.43. The van der Waals surface area contributed by atoms with Gasteiger partial charge in [-0.25, -0.2) is 0 Å². The van der Waals surface area contributed by atoms with Crippen LogP contribution in [0.4, 0.5) is 0 Å². The first kappa shape index (κ1) is 17.3. The lowest BCUT2D eigenvalue weighted by Crippen LogP contribution is -2.44. The molecule has 0 amide bonds. The van der Waals surface area contributed by atoms with Crippen LogP contribution in [0.15, 0.2) is 0 Å². The van der Waals surface area contributed by atoms with Gasteiger partial charge in [-0.3, -0.25) is 4.90 Å². The van der Waals surface area contributed by atoms with Crippen molar-refractivity contribution in [2.75, 3.05) is 13.1 Å². The van der Waals surface area contributed by atoms with E-state index in [2.05, 4.69) is 4.90 Å². The first-order valence-corrected chi connectivity index (χ1v) is 11.5. The van der Waals surface area contributed by atoms with E-state index in [1.807, 2.05) is 6.55 Å². The van der Waals surface area contributed by atoms with E-state index < -0.39 is 8.68 Å². The van der Waals surface area contributed by atoms with Crippen LogP contribution in [0.1, 0.15) is 83.5 Å². The van der Waals surface area contributed by atoms with Gasteiger partial charge >= 0.3 is 0 Å². The Labute approximate surface area is 133 Å². The predicted octanol–water partition coefficient (Wildman–Crippen LogP) is 4.96. The lowest BCUT2D eigenvalue weighted by Gasteiger charge is -2.34. The van der Waals surface area contributed by atoms with E-state index in [4.69, 9.17) is 0 Å². The molecule has 0 N–H and O–H groups in total. The minimum Gasteiger partial charge on any atom is -0.387 e. The van der Waals surface area contributed by atoms with Crippen molar-refractivity contribution in [1.29, 1.82) is 0 Å². The molecule has 21 heavy (non-hydrogen) atoms. The van der Waals surface area contributed by atoms with Crippen molar-refractivity contribution in [3.8, 4) is 0 Å². The molecule has 0 radical (unpaired) electrons. The minimum atomic E-state index is -1.44. The summed E-state index contributed by atoms with van der Waals surface area (Å²) < 4.78 is 12.3. The Morgan fingerprint density at radius 3 is 2.00 bits per heavy atom. The Morgan fingerprint density at radius 2 is 1.33 bits per heavy atom. The topological polar surface area (TPSA) is 20.3 Å². The summed E-state index contributed by atoms with van der Waals surface area (Å²) in [5, 5.41) is 0. The summed E-state index contributed by atoms with van der Waals surface area (Å²) in [6, 6.07) is 0. The zero-order valence-corrected chi connectivity index (χ0v) is 15.1. The summed E-state index contributed by atoms with van der Waals surface area (Å²) >= 11 is 0. The average molecular weight is 310 g/mol. The van der Waals surface area contributed by atoms with Crippen molar-refractivity contribution in [3.05, 3.63) is 0 Å². The summed E-state index contributed by atoms with van der Waals surface area (Å²) in [5.41, 5.74) is 0.398. The molecule has 1 unspecified atom stereocenters. The Balaban J connectivity index is 1.95. The summed E-state index contributed by atoms with van der Waals surface area (Å²) in [6.07, 6.45) is 17.8. The third-order valence-corrected chi connectivity index (χ3v) is 7.14. The van der Waals surface area contributed by atoms with Crippen molar-refractivity contribution in [1.82, 2.24) is 4.90 Å². The second-order valence-electron chi connectivity index (χ2n) is 7.39. The number of nitrogens with zero attached hydrogens (tertiary/aromatic N) is 1. The van der Waals surface area contributed by atoms with E-state index in [-0.39, 0.29) is 0 Å². The number of hydrogen-bond acceptors (Lipinski definition) is 2. The van der Waals surface area contributed by atoms with Gasteiger partial charge in [0.05, 0.1) is 5.67 Å². The van der Waals surface area contributed by atoms with Crippen molar-refractivity contribution in [2.24, 2.45) is 5.92 Å². The highest BCUT2D eigenvalue weighted by Crippen LogP contribution is 2.26. The summed E-state index contributed by atoms with van der Waals surface area (Å²) in [4.78, 5) is 2.66. The molecule has 0 aromatic heterocycles. The fourth-order valence-electron chi connectivity index (χ4n) is 4.26. The molecule has 1 aliphatic carbocycles. The van der Waals surface area contributed by atoms with Crippen molar-refractivity contribution in [2.45, 2.75) is 95.7 Å². The van der Waals surface area contributed by atoms with E-state index in [1.165, 1.54) is 96.6 Å². The molecule has 2 fully saturated rings. The van der Waals surface area contributed by atoms with Gasteiger partial charge in [0, 0.05) is 6.54 Å². The van der Waals surface area contributed by atoms with Crippen LogP contribution in [0.5, 0.6) is 0 Å². The second kappa shape index (κ2) is 9.89. The van der Waals surface area contributed by atoms with Crippen LogP contribution < -0.4 is 0 Å². The predicted molar refractivity (Wildman–Crippen MR) is 91.2 cm³/mol.